The molecular weight excluding hydrogens is 453 g/mol. The monoisotopic (exact) mass is 476 g/mol. The minimum absolute atomic E-state index is 0.00440. The minimum Gasteiger partial charge on any atom is -0.497 e. The SMILES string of the molecule is COc1ccc(NC(=O)c2cnn3c2NC(c2ccc(OC)c(OC)c2)CC3C(F)(F)F)cc1. The highest BCUT2D eigenvalue weighted by Gasteiger charge is 2.47. The second-order valence-corrected chi connectivity index (χ2v) is 7.64. The molecule has 1 aromatic heterocycles. The summed E-state index contributed by atoms with van der Waals surface area (Å²) in [5.41, 5.74) is 1.02. The van der Waals surface area contributed by atoms with E-state index in [-0.39, 0.29) is 17.8 Å². The average Bonchev–Trinajstić information content (AvgIpc) is 3.27. The Labute approximate surface area is 193 Å². The highest BCUT2D eigenvalue weighted by Crippen LogP contribution is 2.45. The number of rotatable bonds is 6. The van der Waals surface area contributed by atoms with Crippen molar-refractivity contribution in [2.45, 2.75) is 24.7 Å². The van der Waals surface area contributed by atoms with Crippen LogP contribution in [-0.2, 0) is 0 Å². The highest BCUT2D eigenvalue weighted by molar-refractivity contribution is 6.07. The molecule has 2 unspecified atom stereocenters. The van der Waals surface area contributed by atoms with E-state index >= 15 is 0 Å². The van der Waals surface area contributed by atoms with Gasteiger partial charge in [-0.05, 0) is 42.0 Å². The number of benzene rings is 2. The Hall–Kier alpha value is -3.89. The minimum atomic E-state index is -4.57. The third-order valence-electron chi connectivity index (χ3n) is 5.64. The third kappa shape index (κ3) is 4.45. The Morgan fingerprint density at radius 3 is 2.38 bits per heavy atom. The predicted octanol–water partition coefficient (Wildman–Crippen LogP) is 4.82. The first-order valence-electron chi connectivity index (χ1n) is 10.3. The van der Waals surface area contributed by atoms with Crippen LogP contribution in [0.2, 0.25) is 0 Å². The summed E-state index contributed by atoms with van der Waals surface area (Å²) < 4.78 is 58.3. The molecule has 0 saturated heterocycles. The maximum Gasteiger partial charge on any atom is 0.410 e. The maximum absolute atomic E-state index is 14.0. The quantitative estimate of drug-likeness (QED) is 0.531. The van der Waals surface area contributed by atoms with E-state index in [4.69, 9.17) is 14.2 Å². The number of fused-ring (bicyclic) bond motifs is 1. The molecule has 34 heavy (non-hydrogen) atoms. The smallest absolute Gasteiger partial charge is 0.410 e. The zero-order valence-corrected chi connectivity index (χ0v) is 18.6. The zero-order valence-electron chi connectivity index (χ0n) is 18.6. The van der Waals surface area contributed by atoms with Crippen molar-refractivity contribution < 1.29 is 32.2 Å². The van der Waals surface area contributed by atoms with Crippen LogP contribution in [0.4, 0.5) is 24.7 Å². The van der Waals surface area contributed by atoms with Crippen molar-refractivity contribution in [2.75, 3.05) is 32.0 Å². The van der Waals surface area contributed by atoms with Gasteiger partial charge in [0, 0.05) is 12.1 Å². The molecule has 0 bridgehead atoms. The normalized spacial score (nSPS) is 17.4. The number of carbonyl (C=O) groups is 1. The molecule has 1 amide bonds. The third-order valence-corrected chi connectivity index (χ3v) is 5.64. The maximum atomic E-state index is 14.0. The van der Waals surface area contributed by atoms with Crippen molar-refractivity contribution >= 4 is 17.4 Å². The first kappa shape index (κ1) is 23.3. The number of halogens is 3. The van der Waals surface area contributed by atoms with Crippen LogP contribution < -0.4 is 24.8 Å². The molecule has 1 aliphatic heterocycles. The van der Waals surface area contributed by atoms with Gasteiger partial charge < -0.3 is 24.8 Å². The largest absolute Gasteiger partial charge is 0.497 e. The lowest BCUT2D eigenvalue weighted by atomic mass is 9.96. The van der Waals surface area contributed by atoms with Gasteiger partial charge in [0.05, 0.1) is 33.6 Å². The second-order valence-electron chi connectivity index (χ2n) is 7.64. The van der Waals surface area contributed by atoms with Gasteiger partial charge in [-0.2, -0.15) is 18.3 Å². The van der Waals surface area contributed by atoms with Crippen LogP contribution >= 0.6 is 0 Å². The lowest BCUT2D eigenvalue weighted by Gasteiger charge is -2.34. The van der Waals surface area contributed by atoms with Crippen LogP contribution in [0.3, 0.4) is 0 Å². The van der Waals surface area contributed by atoms with Crippen molar-refractivity contribution in [3.8, 4) is 17.2 Å². The summed E-state index contributed by atoms with van der Waals surface area (Å²) in [6.07, 6.45) is -3.74. The Kier molecular flexibility index (Phi) is 6.27. The number of alkyl halides is 3. The summed E-state index contributed by atoms with van der Waals surface area (Å²) in [5, 5.41) is 9.64. The lowest BCUT2D eigenvalue weighted by Crippen LogP contribution is -2.36. The van der Waals surface area contributed by atoms with E-state index in [9.17, 15) is 18.0 Å². The molecule has 1 aliphatic rings. The Bertz CT molecular complexity index is 1180. The fourth-order valence-corrected chi connectivity index (χ4v) is 3.89. The molecule has 180 valence electrons. The van der Waals surface area contributed by atoms with Crippen molar-refractivity contribution in [1.29, 1.82) is 0 Å². The van der Waals surface area contributed by atoms with Crippen LogP contribution in [0.1, 0.15) is 34.4 Å². The van der Waals surface area contributed by atoms with Crippen molar-refractivity contribution in [3.05, 3.63) is 59.8 Å². The molecule has 0 spiro atoms. The van der Waals surface area contributed by atoms with Gasteiger partial charge in [-0.25, -0.2) is 4.68 Å². The van der Waals surface area contributed by atoms with Gasteiger partial charge in [0.1, 0.15) is 17.1 Å². The van der Waals surface area contributed by atoms with Gasteiger partial charge in [-0.3, -0.25) is 4.79 Å². The Morgan fingerprint density at radius 2 is 1.76 bits per heavy atom. The molecule has 11 heteroatoms. The summed E-state index contributed by atoms with van der Waals surface area (Å²) in [4.78, 5) is 12.9. The molecule has 4 rings (SSSR count). The van der Waals surface area contributed by atoms with E-state index in [1.807, 2.05) is 0 Å². The number of nitrogens with zero attached hydrogens (tertiary/aromatic N) is 2. The van der Waals surface area contributed by atoms with Gasteiger partial charge >= 0.3 is 6.18 Å². The number of aromatic nitrogens is 2. The highest BCUT2D eigenvalue weighted by atomic mass is 19.4. The predicted molar refractivity (Wildman–Crippen MR) is 119 cm³/mol. The summed E-state index contributed by atoms with van der Waals surface area (Å²) in [6, 6.07) is 8.83. The van der Waals surface area contributed by atoms with Gasteiger partial charge in [0.2, 0.25) is 0 Å². The number of amides is 1. The van der Waals surface area contributed by atoms with Crippen molar-refractivity contribution in [2.24, 2.45) is 0 Å². The van der Waals surface area contributed by atoms with Crippen molar-refractivity contribution in [1.82, 2.24) is 9.78 Å². The summed E-state index contributed by atoms with van der Waals surface area (Å²) >= 11 is 0. The lowest BCUT2D eigenvalue weighted by molar-refractivity contribution is -0.173. The number of anilines is 2. The molecular formula is C23H23F3N4O4. The summed E-state index contributed by atoms with van der Waals surface area (Å²) in [5.74, 6) is 0.849. The molecule has 8 nitrogen and oxygen atoms in total. The molecule has 0 radical (unpaired) electrons. The standard InChI is InChI=1S/C23H23F3N4O4/c1-32-15-7-5-14(6-8-15)28-22(31)16-12-27-30-20(23(24,25)26)11-17(29-21(16)30)13-4-9-18(33-2)19(10-13)34-3/h4-10,12,17,20,29H,11H2,1-3H3,(H,28,31). The van der Waals surface area contributed by atoms with Crippen LogP contribution in [0.5, 0.6) is 17.2 Å². The topological polar surface area (TPSA) is 86.6 Å². The molecule has 0 saturated carbocycles. The van der Waals surface area contributed by atoms with E-state index in [0.29, 0.717) is 28.5 Å². The van der Waals surface area contributed by atoms with E-state index in [0.717, 1.165) is 10.9 Å². The van der Waals surface area contributed by atoms with E-state index in [1.165, 1.54) is 21.3 Å². The summed E-state index contributed by atoms with van der Waals surface area (Å²) in [7, 11) is 4.44. The van der Waals surface area contributed by atoms with E-state index in [2.05, 4.69) is 15.7 Å². The fraction of sp³-hybridized carbons (Fsp3) is 0.304. The average molecular weight is 476 g/mol. The molecule has 2 aromatic carbocycles. The van der Waals surface area contributed by atoms with E-state index in [1.54, 1.807) is 42.5 Å². The van der Waals surface area contributed by atoms with Gasteiger partial charge in [0.25, 0.3) is 5.91 Å². The van der Waals surface area contributed by atoms with Gasteiger partial charge in [0.15, 0.2) is 17.5 Å². The first-order chi connectivity index (χ1) is 16.2. The molecule has 2 N–H and O–H groups in total. The second kappa shape index (κ2) is 9.16. The zero-order chi connectivity index (χ0) is 24.5. The first-order valence-corrected chi connectivity index (χ1v) is 10.3. The van der Waals surface area contributed by atoms with Crippen molar-refractivity contribution in [3.63, 3.8) is 0 Å². The van der Waals surface area contributed by atoms with E-state index < -0.39 is 24.2 Å². The fourth-order valence-electron chi connectivity index (χ4n) is 3.89. The van der Waals surface area contributed by atoms with Crippen LogP contribution in [0, 0.1) is 0 Å². The Morgan fingerprint density at radius 1 is 1.06 bits per heavy atom. The summed E-state index contributed by atoms with van der Waals surface area (Å²) in [6.45, 7) is 0. The Balaban J connectivity index is 1.67. The molecule has 0 fully saturated rings. The number of carbonyl (C=O) groups excluding carboxylic acids is 1. The number of methoxy groups -OCH3 is 3. The molecule has 2 atom stereocenters. The number of ether oxygens (including phenoxy) is 3. The molecule has 3 aromatic rings. The van der Waals surface area contributed by atoms with Crippen LogP contribution in [-0.4, -0.2) is 43.2 Å². The molecule has 2 heterocycles. The number of hydrogen-bond donors (Lipinski definition) is 2. The number of hydrogen-bond acceptors (Lipinski definition) is 6. The van der Waals surface area contributed by atoms with Crippen LogP contribution in [0.15, 0.2) is 48.7 Å². The van der Waals surface area contributed by atoms with Crippen LogP contribution in [0.25, 0.3) is 0 Å². The van der Waals surface area contributed by atoms with Gasteiger partial charge in [-0.1, -0.05) is 6.07 Å². The molecule has 0 aliphatic carbocycles. The van der Waals surface area contributed by atoms with Gasteiger partial charge in [-0.15, -0.1) is 0 Å². The number of nitrogens with one attached hydrogen (secondary N) is 2.